The molecule has 4 N–H and O–H groups in total. The lowest BCUT2D eigenvalue weighted by Gasteiger charge is -2.57. The molecule has 652 valence electrons. The van der Waals surface area contributed by atoms with Crippen molar-refractivity contribution in [2.75, 3.05) is 20.4 Å². The molecule has 0 aliphatic heterocycles. The van der Waals surface area contributed by atoms with Gasteiger partial charge in [0.25, 0.3) is 0 Å². The SMILES string of the molecule is C=C(Cn1nccn1)[C@H]1CC[C@H]2[C@@H]3CC[C@@H]4C[C@@](C)(O)CC[C@@H]4[C@H]3CC[C@]12C.C=C(Cn1nccn1)[C@H]1CC[C@H]2[C@@H]3CC[C@@H]4C[C@](O)(C#CC5CC5)CC[C@@H]4[C@H]3CC[C@]12C.C=C(Cn1nccn1)[C@H]1CC[C@H]2[C@@H]3CC[C@@H]4C[C@](O)(CF)CC[C@@H]4[C@H]3CC[C@]12C.C=C(Cn1nccn1)[C@H]1CC[C@H]2[C@@H]3CC[C@@H]4C[C@](O)(COC)CC[C@@H]4[C@H]3CC[C@]12C. The summed E-state index contributed by atoms with van der Waals surface area (Å²) in [4.78, 5) is 7.15. The minimum absolute atomic E-state index is 0.354. The number of hydrogen-bond donors (Lipinski definition) is 4. The highest BCUT2D eigenvalue weighted by atomic mass is 19.1. The molecule has 17 nitrogen and oxygen atoms in total. The van der Waals surface area contributed by atoms with Gasteiger partial charge in [0.1, 0.15) is 12.3 Å². The molecule has 0 unspecified atom stereocenters. The Morgan fingerprint density at radius 2 is 0.639 bits per heavy atom. The summed E-state index contributed by atoms with van der Waals surface area (Å²) in [7, 11) is 1.72. The predicted octanol–water partition coefficient (Wildman–Crippen LogP) is 19.4. The third kappa shape index (κ3) is 16.4. The van der Waals surface area contributed by atoms with Crippen LogP contribution in [0.3, 0.4) is 0 Å². The van der Waals surface area contributed by atoms with Crippen molar-refractivity contribution < 1.29 is 29.6 Å². The van der Waals surface area contributed by atoms with Gasteiger partial charge in [0, 0.05) is 13.0 Å². The van der Waals surface area contributed by atoms with E-state index in [1.165, 1.54) is 208 Å². The van der Waals surface area contributed by atoms with Gasteiger partial charge in [-0.15, -0.1) is 0 Å². The Labute approximate surface area is 712 Å². The summed E-state index contributed by atoms with van der Waals surface area (Å²) >= 11 is 0. The summed E-state index contributed by atoms with van der Waals surface area (Å²) in [6.45, 7) is 33.3. The minimum atomic E-state index is -1.03. The second-order valence-corrected chi connectivity index (χ2v) is 45.4. The van der Waals surface area contributed by atoms with Crippen molar-refractivity contribution in [2.24, 2.45) is 170 Å². The van der Waals surface area contributed by atoms with Gasteiger partial charge in [-0.3, -0.25) is 0 Å². The van der Waals surface area contributed by atoms with Crippen molar-refractivity contribution in [1.29, 1.82) is 0 Å². The molecular formula is C101H151FN12O5. The maximum absolute atomic E-state index is 13.4. The molecule has 17 saturated carbocycles. The fraction of sp³-hybridized carbons (Fsp3) is 0.822. The van der Waals surface area contributed by atoms with Gasteiger partial charge >= 0.3 is 0 Å². The van der Waals surface area contributed by atoms with Gasteiger partial charge in [-0.05, 0) is 415 Å². The van der Waals surface area contributed by atoms with Gasteiger partial charge in [-0.2, -0.15) is 60.0 Å². The molecule has 4 aromatic heterocycles. The van der Waals surface area contributed by atoms with Crippen LogP contribution in [0.1, 0.15) is 279 Å². The van der Waals surface area contributed by atoms with Crippen LogP contribution in [0, 0.1) is 181 Å². The van der Waals surface area contributed by atoms with Crippen molar-refractivity contribution in [2.45, 2.75) is 327 Å². The smallest absolute Gasteiger partial charge is 0.125 e. The van der Waals surface area contributed by atoms with Crippen LogP contribution in [0.15, 0.2) is 98.2 Å². The van der Waals surface area contributed by atoms with Crippen LogP contribution in [-0.4, -0.2) is 123 Å². The largest absolute Gasteiger partial charge is 0.390 e. The maximum Gasteiger partial charge on any atom is 0.125 e. The molecule has 17 aliphatic carbocycles. The van der Waals surface area contributed by atoms with Crippen LogP contribution >= 0.6 is 0 Å². The Balaban J connectivity index is 0.000000109. The van der Waals surface area contributed by atoms with Crippen LogP contribution in [0.2, 0.25) is 0 Å². The zero-order valence-corrected chi connectivity index (χ0v) is 73.9. The molecule has 0 aromatic carbocycles. The van der Waals surface area contributed by atoms with E-state index in [4.69, 9.17) is 4.74 Å². The monoisotopic (exact) mass is 1630 g/mol. The summed E-state index contributed by atoms with van der Waals surface area (Å²) < 4.78 is 18.7. The fourth-order valence-corrected chi connectivity index (χ4v) is 34.1. The van der Waals surface area contributed by atoms with Crippen LogP contribution in [0.5, 0.6) is 0 Å². The fourth-order valence-electron chi connectivity index (χ4n) is 34.1. The van der Waals surface area contributed by atoms with Crippen LogP contribution in [0.25, 0.3) is 0 Å². The van der Waals surface area contributed by atoms with Gasteiger partial charge in [0.05, 0.1) is 99.2 Å². The van der Waals surface area contributed by atoms with Gasteiger partial charge in [0.2, 0.25) is 0 Å². The molecule has 21 rings (SSSR count). The first kappa shape index (κ1) is 84.6. The number of alkyl halides is 1. The average Bonchev–Trinajstić information content (AvgIpc) is 1.63. The van der Waals surface area contributed by atoms with E-state index in [1.807, 2.05) is 0 Å². The quantitative estimate of drug-likeness (QED) is 0.0645. The van der Waals surface area contributed by atoms with E-state index in [0.29, 0.717) is 94.4 Å². The molecule has 17 fully saturated rings. The number of aromatic nitrogens is 12. The second kappa shape index (κ2) is 33.6. The van der Waals surface area contributed by atoms with E-state index < -0.39 is 29.1 Å². The average molecular weight is 1630 g/mol. The van der Waals surface area contributed by atoms with E-state index in [2.05, 4.69) is 114 Å². The number of allylic oxidation sites excluding steroid dienone is 4. The number of rotatable bonds is 15. The number of hydrogen-bond acceptors (Lipinski definition) is 13. The van der Waals surface area contributed by atoms with Gasteiger partial charge < -0.3 is 25.2 Å². The molecule has 4 heterocycles. The van der Waals surface area contributed by atoms with Crippen molar-refractivity contribution in [3.05, 3.63) is 98.2 Å². The third-order valence-electron chi connectivity index (χ3n) is 39.4. The summed E-state index contributed by atoms with van der Waals surface area (Å²) in [5, 5.41) is 77.6. The third-order valence-corrected chi connectivity index (χ3v) is 39.4. The molecule has 18 heteroatoms. The van der Waals surface area contributed by atoms with E-state index in [-0.39, 0.29) is 0 Å². The zero-order valence-electron chi connectivity index (χ0n) is 73.9. The first-order chi connectivity index (χ1) is 57.2. The van der Waals surface area contributed by atoms with Crippen molar-refractivity contribution in [3.63, 3.8) is 0 Å². The van der Waals surface area contributed by atoms with Gasteiger partial charge in [-0.1, -0.05) is 88.1 Å². The Hall–Kier alpha value is -5.19. The Kier molecular flexibility index (Phi) is 23.9. The van der Waals surface area contributed by atoms with Crippen molar-refractivity contribution in [1.82, 2.24) is 60.0 Å². The molecule has 0 bridgehead atoms. The molecule has 119 heavy (non-hydrogen) atoms. The highest BCUT2D eigenvalue weighted by Gasteiger charge is 2.64. The van der Waals surface area contributed by atoms with Crippen LogP contribution < -0.4 is 0 Å². The second-order valence-electron chi connectivity index (χ2n) is 45.4. The van der Waals surface area contributed by atoms with Crippen LogP contribution in [-0.2, 0) is 30.9 Å². The number of nitrogens with zero attached hydrogens (tertiary/aromatic N) is 12. The molecule has 0 saturated heterocycles. The molecule has 0 radical (unpaired) electrons. The van der Waals surface area contributed by atoms with Crippen LogP contribution in [0.4, 0.5) is 4.39 Å². The Morgan fingerprint density at radius 3 is 0.966 bits per heavy atom. The minimum Gasteiger partial charge on any atom is -0.390 e. The van der Waals surface area contributed by atoms with E-state index in [9.17, 15) is 24.8 Å². The first-order valence-corrected chi connectivity index (χ1v) is 48.7. The lowest BCUT2D eigenvalue weighted by Crippen LogP contribution is -2.52. The van der Waals surface area contributed by atoms with Crippen molar-refractivity contribution >= 4 is 0 Å². The summed E-state index contributed by atoms with van der Waals surface area (Å²) in [6.07, 6.45) is 60.1. The van der Waals surface area contributed by atoms with Gasteiger partial charge in [-0.25, -0.2) is 4.39 Å². The molecule has 32 atom stereocenters. The number of aliphatic hydroxyl groups is 4. The molecule has 0 amide bonds. The topological polar surface area (TPSA) is 213 Å². The summed E-state index contributed by atoms with van der Waals surface area (Å²) in [5.41, 5.74) is 4.12. The Bertz CT molecular complexity index is 4230. The summed E-state index contributed by atoms with van der Waals surface area (Å²) in [6, 6.07) is 0. The predicted molar refractivity (Wildman–Crippen MR) is 463 cm³/mol. The lowest BCUT2D eigenvalue weighted by atomic mass is 9.48. The highest BCUT2D eigenvalue weighted by molar-refractivity contribution is 5.24. The molecule has 0 spiro atoms. The molecule has 4 aromatic rings. The maximum atomic E-state index is 13.4. The normalized spacial score (nSPS) is 46.2. The lowest BCUT2D eigenvalue weighted by molar-refractivity contribution is -0.123. The molecular weight excluding hydrogens is 1480 g/mol. The Morgan fingerprint density at radius 1 is 0.345 bits per heavy atom. The van der Waals surface area contributed by atoms with E-state index >= 15 is 0 Å². The number of fused-ring (bicyclic) bond motifs is 20. The molecule has 17 aliphatic rings. The number of halogens is 1. The first-order valence-electron chi connectivity index (χ1n) is 48.7. The van der Waals surface area contributed by atoms with Crippen molar-refractivity contribution in [3.8, 4) is 11.8 Å². The van der Waals surface area contributed by atoms with E-state index in [0.717, 1.165) is 166 Å². The van der Waals surface area contributed by atoms with Gasteiger partial charge in [0.15, 0.2) is 0 Å². The van der Waals surface area contributed by atoms with E-state index in [1.54, 1.807) is 75.9 Å². The zero-order chi connectivity index (χ0) is 82.6. The highest BCUT2D eigenvalue weighted by Crippen LogP contribution is 2.71. The number of methoxy groups -OCH3 is 1. The number of ether oxygens (including phenoxy) is 1. The summed E-state index contributed by atoms with van der Waals surface area (Å²) in [5.74, 6) is 25.8. The standard InChI is InChI=1S/C28H39N3O.C25H39N3O2.C24H36FN3O.C24H37N3O/c1-19(18-31-29-15-16-30-31)25-7-8-26-24-6-5-21-17-28(32,13-9-20-3-4-20)14-11-22(21)23(24)10-12-27(25,26)2;1-17(15-28-26-12-13-27-28)22-6-7-23-21-5-4-18-14-25(29,16-30-3)11-9-19(18)20(21)8-10-24(22,23)2;1-16(14-28-26-11-12-27-28)21-5-6-22-20-4-3-17-13-24(29,15-25)10-8-18(17)19(20)7-9-23(21,22)2;1-16(15-27-25-12-13-26-27)21-6-7-22-20-5-4-17-14-23(2,28)10-8-18(17)19(20)9-11-24(21,22)3/h15-16,20-26,32H,1,3-8,10-12,14,17-18H2,2H3;12-13,18-23,29H,1,4-11,14-16H2,2-3H3;11-12,17-22,29H,1,3-10,13-15H2,2H3;12-13,17-22,28H,1,4-11,14-15H2,2-3H3/t21-,22+,23-,24-,25-,26+,27-,28+;18-,19+,20-,21-,22-,23+,24-,25+;17-,18+,19-,20-,21-,22+,23-,24+;17-,18+,19-,20-,21-,22+,23+,24-/m1111/s1.